The topological polar surface area (TPSA) is 60.7 Å². The van der Waals surface area contributed by atoms with Gasteiger partial charge in [-0.05, 0) is 91.8 Å². The van der Waals surface area contributed by atoms with Crippen LogP contribution in [-0.4, -0.2) is 34.1 Å². The van der Waals surface area contributed by atoms with Crippen molar-refractivity contribution in [2.24, 2.45) is 40.4 Å². The summed E-state index contributed by atoms with van der Waals surface area (Å²) in [4.78, 5) is 0. The van der Waals surface area contributed by atoms with Crippen LogP contribution < -0.4 is 0 Å². The van der Waals surface area contributed by atoms with Crippen molar-refractivity contribution in [3.05, 3.63) is 0 Å². The lowest BCUT2D eigenvalue weighted by Crippen LogP contribution is -2.58. The second kappa shape index (κ2) is 5.44. The fraction of sp³-hybridized carbons (Fsp3) is 1.00. The summed E-state index contributed by atoms with van der Waals surface area (Å²) in [6.45, 7) is 5.20. The van der Waals surface area contributed by atoms with Crippen LogP contribution >= 0.6 is 0 Å². The zero-order valence-electron chi connectivity index (χ0n) is 14.7. The Morgan fingerprint density at radius 1 is 0.783 bits per heavy atom. The van der Waals surface area contributed by atoms with Crippen molar-refractivity contribution in [2.75, 3.05) is 6.61 Å². The zero-order chi connectivity index (χ0) is 16.4. The molecule has 0 aromatic rings. The maximum atomic E-state index is 10.6. The number of hydrogen-bond donors (Lipinski definition) is 3. The van der Waals surface area contributed by atoms with Crippen LogP contribution in [0.15, 0.2) is 0 Å². The molecule has 23 heavy (non-hydrogen) atoms. The number of rotatable bonds is 1. The van der Waals surface area contributed by atoms with Crippen LogP contribution in [0.3, 0.4) is 0 Å². The number of aliphatic hydroxyl groups is 3. The number of aliphatic hydroxyl groups excluding tert-OH is 3. The fourth-order valence-corrected chi connectivity index (χ4v) is 7.72. The van der Waals surface area contributed by atoms with Gasteiger partial charge in [-0.3, -0.25) is 0 Å². The van der Waals surface area contributed by atoms with E-state index in [1.54, 1.807) is 0 Å². The molecule has 3 N–H and O–H groups in total. The summed E-state index contributed by atoms with van der Waals surface area (Å²) >= 11 is 0. The summed E-state index contributed by atoms with van der Waals surface area (Å²) in [5.74, 6) is 3.03. The second-order valence-corrected chi connectivity index (χ2v) is 9.66. The van der Waals surface area contributed by atoms with Gasteiger partial charge in [0, 0.05) is 6.61 Å². The van der Waals surface area contributed by atoms with Gasteiger partial charge >= 0.3 is 0 Å². The number of fused-ring (bicyclic) bond motifs is 5. The van der Waals surface area contributed by atoms with E-state index in [1.807, 2.05) is 0 Å². The minimum absolute atomic E-state index is 0.209. The standard InChI is InChI=1S/C20H34O3/c1-19-9-7-15-13(14(19)5-3-12(19)11-21)4-6-16-18(23)17(22)8-10-20(15,16)2/h12-18,21-23H,3-11H2,1-2H3/t12-,13+,14+,15+,16+,17-,18+,19-,20-/m1/s1. The highest BCUT2D eigenvalue weighted by Gasteiger charge is 2.61. The van der Waals surface area contributed by atoms with Crippen molar-refractivity contribution in [3.63, 3.8) is 0 Å². The van der Waals surface area contributed by atoms with E-state index < -0.39 is 12.2 Å². The maximum Gasteiger partial charge on any atom is 0.0832 e. The molecule has 4 saturated carbocycles. The van der Waals surface area contributed by atoms with Gasteiger partial charge in [-0.25, -0.2) is 0 Å². The first-order chi connectivity index (χ1) is 10.9. The molecule has 0 aromatic heterocycles. The molecular formula is C20H34O3. The average molecular weight is 322 g/mol. The molecular weight excluding hydrogens is 288 g/mol. The van der Waals surface area contributed by atoms with Gasteiger partial charge in [-0.1, -0.05) is 13.8 Å². The average Bonchev–Trinajstić information content (AvgIpc) is 2.88. The van der Waals surface area contributed by atoms with E-state index in [1.165, 1.54) is 32.1 Å². The van der Waals surface area contributed by atoms with E-state index in [4.69, 9.17) is 0 Å². The molecule has 4 rings (SSSR count). The fourth-order valence-electron chi connectivity index (χ4n) is 7.72. The van der Waals surface area contributed by atoms with Gasteiger partial charge in [0.25, 0.3) is 0 Å². The summed E-state index contributed by atoms with van der Waals surface area (Å²) < 4.78 is 0. The SMILES string of the molecule is C[C@]12CC[C@@H](O)[C@@H](O)[C@@H]1CC[C@@H]1[C@@H]2CC[C@]2(C)[C@@H](CO)CC[C@@H]12. The minimum atomic E-state index is -0.517. The molecule has 3 heteroatoms. The summed E-state index contributed by atoms with van der Waals surface area (Å²) in [5, 5.41) is 30.5. The van der Waals surface area contributed by atoms with Crippen molar-refractivity contribution < 1.29 is 15.3 Å². The monoisotopic (exact) mass is 322 g/mol. The Hall–Kier alpha value is -0.120. The van der Waals surface area contributed by atoms with Crippen LogP contribution in [0, 0.1) is 40.4 Å². The lowest BCUT2D eigenvalue weighted by molar-refractivity contribution is -0.174. The first-order valence-electron chi connectivity index (χ1n) is 9.89. The minimum Gasteiger partial charge on any atom is -0.396 e. The molecule has 9 atom stereocenters. The largest absolute Gasteiger partial charge is 0.396 e. The normalized spacial score (nSPS) is 59.1. The summed E-state index contributed by atoms with van der Waals surface area (Å²) in [5.41, 5.74) is 0.548. The molecule has 4 fully saturated rings. The van der Waals surface area contributed by atoms with Crippen LogP contribution in [0.25, 0.3) is 0 Å². The van der Waals surface area contributed by atoms with E-state index >= 15 is 0 Å². The third-order valence-electron chi connectivity index (χ3n) is 9.14. The summed E-state index contributed by atoms with van der Waals surface area (Å²) in [6.07, 6.45) is 8.08. The Balaban J connectivity index is 1.62. The lowest BCUT2D eigenvalue weighted by Gasteiger charge is -2.61. The van der Waals surface area contributed by atoms with Crippen LogP contribution in [0.2, 0.25) is 0 Å². The smallest absolute Gasteiger partial charge is 0.0832 e. The van der Waals surface area contributed by atoms with Crippen LogP contribution in [-0.2, 0) is 0 Å². The van der Waals surface area contributed by atoms with Gasteiger partial charge in [0.2, 0.25) is 0 Å². The molecule has 0 aromatic carbocycles. The van der Waals surface area contributed by atoms with E-state index in [2.05, 4.69) is 13.8 Å². The highest BCUT2D eigenvalue weighted by molar-refractivity contribution is 5.10. The molecule has 0 spiro atoms. The van der Waals surface area contributed by atoms with Crippen molar-refractivity contribution in [2.45, 2.75) is 77.4 Å². The van der Waals surface area contributed by atoms with Gasteiger partial charge < -0.3 is 15.3 Å². The Morgan fingerprint density at radius 2 is 1.43 bits per heavy atom. The van der Waals surface area contributed by atoms with Gasteiger partial charge in [-0.15, -0.1) is 0 Å². The lowest BCUT2D eigenvalue weighted by atomic mass is 9.44. The third-order valence-corrected chi connectivity index (χ3v) is 9.14. The second-order valence-electron chi connectivity index (χ2n) is 9.66. The Kier molecular flexibility index (Phi) is 3.87. The molecule has 0 heterocycles. The molecule has 0 amide bonds. The molecule has 4 aliphatic rings. The van der Waals surface area contributed by atoms with Crippen LogP contribution in [0.4, 0.5) is 0 Å². The predicted octanol–water partition coefficient (Wildman–Crippen LogP) is 2.97. The Bertz CT molecular complexity index is 466. The highest BCUT2D eigenvalue weighted by atomic mass is 16.3. The first kappa shape index (κ1) is 16.4. The van der Waals surface area contributed by atoms with Crippen molar-refractivity contribution >= 4 is 0 Å². The van der Waals surface area contributed by atoms with E-state index in [-0.39, 0.29) is 11.3 Å². The molecule has 4 aliphatic carbocycles. The predicted molar refractivity (Wildman–Crippen MR) is 89.7 cm³/mol. The van der Waals surface area contributed by atoms with Crippen LogP contribution in [0.1, 0.15) is 65.2 Å². The van der Waals surface area contributed by atoms with Crippen molar-refractivity contribution in [3.8, 4) is 0 Å². The van der Waals surface area contributed by atoms with Gasteiger partial charge in [0.1, 0.15) is 0 Å². The summed E-state index contributed by atoms with van der Waals surface area (Å²) in [6, 6.07) is 0. The zero-order valence-corrected chi connectivity index (χ0v) is 14.7. The highest BCUT2D eigenvalue weighted by Crippen LogP contribution is 2.67. The van der Waals surface area contributed by atoms with Gasteiger partial charge in [0.05, 0.1) is 12.2 Å². The van der Waals surface area contributed by atoms with Crippen LogP contribution in [0.5, 0.6) is 0 Å². The molecule has 0 saturated heterocycles. The molecule has 0 aliphatic heterocycles. The van der Waals surface area contributed by atoms with E-state index in [9.17, 15) is 15.3 Å². The first-order valence-corrected chi connectivity index (χ1v) is 9.89. The third kappa shape index (κ3) is 2.12. The van der Waals surface area contributed by atoms with Crippen molar-refractivity contribution in [1.82, 2.24) is 0 Å². The molecule has 0 bridgehead atoms. The molecule has 3 nitrogen and oxygen atoms in total. The molecule has 0 radical (unpaired) electrons. The van der Waals surface area contributed by atoms with Gasteiger partial charge in [0.15, 0.2) is 0 Å². The quantitative estimate of drug-likeness (QED) is 0.695. The number of hydrogen-bond acceptors (Lipinski definition) is 3. The molecule has 132 valence electrons. The van der Waals surface area contributed by atoms with Crippen molar-refractivity contribution in [1.29, 1.82) is 0 Å². The Morgan fingerprint density at radius 3 is 2.17 bits per heavy atom. The summed E-state index contributed by atoms with van der Waals surface area (Å²) in [7, 11) is 0. The molecule has 0 unspecified atom stereocenters. The Labute approximate surface area is 140 Å². The van der Waals surface area contributed by atoms with E-state index in [0.717, 1.165) is 31.1 Å². The van der Waals surface area contributed by atoms with E-state index in [0.29, 0.717) is 23.9 Å². The maximum absolute atomic E-state index is 10.6. The van der Waals surface area contributed by atoms with Gasteiger partial charge in [-0.2, -0.15) is 0 Å².